The van der Waals surface area contributed by atoms with Gasteiger partial charge in [-0.3, -0.25) is 4.79 Å². The molecule has 1 aromatic rings. The maximum Gasteiger partial charge on any atom is 0.409 e. The van der Waals surface area contributed by atoms with Crippen LogP contribution in [0.5, 0.6) is 0 Å². The van der Waals surface area contributed by atoms with Crippen molar-refractivity contribution in [2.24, 2.45) is 0 Å². The zero-order chi connectivity index (χ0) is 19.1. The van der Waals surface area contributed by atoms with Crippen molar-refractivity contribution in [2.45, 2.75) is 44.8 Å². The standard InChI is InChI=1S/C18H27N5O4/c1-2-26-18(25)23-7-5-13(6-8-23)22-16-12-19-15(11-20-16)17(24)21-10-14-4-3-9-27-14/h11-14H,2-10H2,1H3,(H,20,22)(H,21,24). The molecule has 0 aliphatic carbocycles. The van der Waals surface area contributed by atoms with E-state index in [2.05, 4.69) is 20.6 Å². The summed E-state index contributed by atoms with van der Waals surface area (Å²) >= 11 is 0. The molecule has 0 saturated carbocycles. The highest BCUT2D eigenvalue weighted by atomic mass is 16.6. The second-order valence-corrected chi connectivity index (χ2v) is 6.74. The van der Waals surface area contributed by atoms with Crippen molar-refractivity contribution < 1.29 is 19.1 Å². The Hall–Kier alpha value is -2.42. The average Bonchev–Trinajstić information content (AvgIpc) is 3.21. The number of hydrogen-bond acceptors (Lipinski definition) is 7. The van der Waals surface area contributed by atoms with Gasteiger partial charge in [-0.25, -0.2) is 14.8 Å². The zero-order valence-corrected chi connectivity index (χ0v) is 15.6. The van der Waals surface area contributed by atoms with E-state index in [1.54, 1.807) is 18.0 Å². The normalized spacial score (nSPS) is 20.3. The van der Waals surface area contributed by atoms with E-state index in [-0.39, 0.29) is 29.8 Å². The molecule has 9 heteroatoms. The van der Waals surface area contributed by atoms with Crippen LogP contribution >= 0.6 is 0 Å². The van der Waals surface area contributed by atoms with E-state index in [1.165, 1.54) is 6.20 Å². The van der Waals surface area contributed by atoms with Crippen LogP contribution in [0.2, 0.25) is 0 Å². The molecule has 27 heavy (non-hydrogen) atoms. The SMILES string of the molecule is CCOC(=O)N1CCC(Nc2cnc(C(=O)NCC3CCCO3)cn2)CC1. The number of rotatable bonds is 6. The minimum Gasteiger partial charge on any atom is -0.450 e. The van der Waals surface area contributed by atoms with Crippen LogP contribution in [0.1, 0.15) is 43.1 Å². The molecule has 2 aliphatic heterocycles. The minimum absolute atomic E-state index is 0.100. The summed E-state index contributed by atoms with van der Waals surface area (Å²) in [7, 11) is 0. The number of carbonyl (C=O) groups excluding carboxylic acids is 2. The molecular weight excluding hydrogens is 350 g/mol. The first-order valence-corrected chi connectivity index (χ1v) is 9.55. The van der Waals surface area contributed by atoms with Gasteiger partial charge in [-0.2, -0.15) is 0 Å². The number of piperidine rings is 1. The van der Waals surface area contributed by atoms with Gasteiger partial charge in [0.15, 0.2) is 0 Å². The Bertz CT molecular complexity index is 625. The van der Waals surface area contributed by atoms with Crippen LogP contribution < -0.4 is 10.6 Å². The van der Waals surface area contributed by atoms with Crippen LogP contribution in [0.4, 0.5) is 10.6 Å². The summed E-state index contributed by atoms with van der Waals surface area (Å²) in [6.45, 7) is 4.75. The van der Waals surface area contributed by atoms with Crippen molar-refractivity contribution in [3.05, 3.63) is 18.1 Å². The molecule has 1 aromatic heterocycles. The molecule has 2 amide bonds. The first-order valence-electron chi connectivity index (χ1n) is 9.55. The van der Waals surface area contributed by atoms with Crippen LogP contribution in [0.3, 0.4) is 0 Å². The fourth-order valence-electron chi connectivity index (χ4n) is 3.25. The van der Waals surface area contributed by atoms with Crippen molar-refractivity contribution in [3.8, 4) is 0 Å². The predicted octanol–water partition coefficient (Wildman–Crippen LogP) is 1.42. The highest BCUT2D eigenvalue weighted by Crippen LogP contribution is 2.16. The van der Waals surface area contributed by atoms with Gasteiger partial charge in [0.25, 0.3) is 5.91 Å². The third-order valence-corrected chi connectivity index (χ3v) is 4.77. The zero-order valence-electron chi connectivity index (χ0n) is 15.6. The molecule has 1 unspecified atom stereocenters. The van der Waals surface area contributed by atoms with Crippen LogP contribution in [0, 0.1) is 0 Å². The highest BCUT2D eigenvalue weighted by molar-refractivity contribution is 5.92. The lowest BCUT2D eigenvalue weighted by Gasteiger charge is -2.31. The quantitative estimate of drug-likeness (QED) is 0.772. The number of carbonyl (C=O) groups is 2. The molecule has 0 radical (unpaired) electrons. The Kier molecular flexibility index (Phi) is 6.80. The van der Waals surface area contributed by atoms with Crippen LogP contribution in [-0.2, 0) is 9.47 Å². The molecule has 0 bridgehead atoms. The van der Waals surface area contributed by atoms with Crippen molar-refractivity contribution in [2.75, 3.05) is 38.2 Å². The van der Waals surface area contributed by atoms with E-state index in [4.69, 9.17) is 9.47 Å². The van der Waals surface area contributed by atoms with E-state index in [0.717, 1.165) is 32.3 Å². The third kappa shape index (κ3) is 5.53. The lowest BCUT2D eigenvalue weighted by Crippen LogP contribution is -2.42. The maximum atomic E-state index is 12.1. The predicted molar refractivity (Wildman–Crippen MR) is 98.6 cm³/mol. The van der Waals surface area contributed by atoms with Gasteiger partial charge in [-0.05, 0) is 32.6 Å². The van der Waals surface area contributed by atoms with E-state index < -0.39 is 0 Å². The van der Waals surface area contributed by atoms with Crippen LogP contribution in [-0.4, -0.2) is 71.9 Å². The summed E-state index contributed by atoms with van der Waals surface area (Å²) in [5, 5.41) is 6.14. The second kappa shape index (κ2) is 9.50. The summed E-state index contributed by atoms with van der Waals surface area (Å²) in [6.07, 6.45) is 6.52. The van der Waals surface area contributed by atoms with E-state index in [9.17, 15) is 9.59 Å². The molecule has 3 heterocycles. The van der Waals surface area contributed by atoms with Crippen molar-refractivity contribution in [1.29, 1.82) is 0 Å². The highest BCUT2D eigenvalue weighted by Gasteiger charge is 2.24. The van der Waals surface area contributed by atoms with Gasteiger partial charge < -0.3 is 25.0 Å². The molecule has 2 saturated heterocycles. The van der Waals surface area contributed by atoms with Gasteiger partial charge in [0.05, 0.1) is 25.1 Å². The van der Waals surface area contributed by atoms with Gasteiger partial charge in [0.1, 0.15) is 11.5 Å². The Morgan fingerprint density at radius 3 is 2.70 bits per heavy atom. The molecule has 0 spiro atoms. The van der Waals surface area contributed by atoms with Gasteiger partial charge >= 0.3 is 6.09 Å². The van der Waals surface area contributed by atoms with Gasteiger partial charge in [0.2, 0.25) is 0 Å². The van der Waals surface area contributed by atoms with Gasteiger partial charge in [0, 0.05) is 32.3 Å². The van der Waals surface area contributed by atoms with Crippen LogP contribution in [0.15, 0.2) is 12.4 Å². The third-order valence-electron chi connectivity index (χ3n) is 4.77. The number of nitrogens with zero attached hydrogens (tertiary/aromatic N) is 3. The number of hydrogen-bond donors (Lipinski definition) is 2. The first kappa shape index (κ1) is 19.3. The Balaban J connectivity index is 1.42. The lowest BCUT2D eigenvalue weighted by atomic mass is 10.1. The van der Waals surface area contributed by atoms with Gasteiger partial charge in [-0.1, -0.05) is 0 Å². The van der Waals surface area contributed by atoms with Crippen molar-refractivity contribution in [3.63, 3.8) is 0 Å². The fourth-order valence-corrected chi connectivity index (χ4v) is 3.25. The molecule has 9 nitrogen and oxygen atoms in total. The van der Waals surface area contributed by atoms with Crippen LogP contribution in [0.25, 0.3) is 0 Å². The smallest absolute Gasteiger partial charge is 0.409 e. The average molecular weight is 377 g/mol. The summed E-state index contributed by atoms with van der Waals surface area (Å²) < 4.78 is 10.5. The Morgan fingerprint density at radius 2 is 2.07 bits per heavy atom. The number of anilines is 1. The molecule has 0 aromatic carbocycles. The summed E-state index contributed by atoms with van der Waals surface area (Å²) in [6, 6.07) is 0.212. The molecule has 3 rings (SSSR count). The summed E-state index contributed by atoms with van der Waals surface area (Å²) in [5.41, 5.74) is 0.288. The molecule has 1 atom stereocenters. The van der Waals surface area contributed by atoms with E-state index in [1.807, 2.05) is 0 Å². The van der Waals surface area contributed by atoms with Gasteiger partial charge in [-0.15, -0.1) is 0 Å². The molecule has 2 N–H and O–H groups in total. The molecule has 2 fully saturated rings. The molecule has 2 aliphatic rings. The number of nitrogens with one attached hydrogen (secondary N) is 2. The van der Waals surface area contributed by atoms with Crippen molar-refractivity contribution in [1.82, 2.24) is 20.2 Å². The summed E-state index contributed by atoms with van der Waals surface area (Å²) in [5.74, 6) is 0.382. The number of amides is 2. The fraction of sp³-hybridized carbons (Fsp3) is 0.667. The maximum absolute atomic E-state index is 12.1. The molecular formula is C18H27N5O4. The Morgan fingerprint density at radius 1 is 1.26 bits per heavy atom. The largest absolute Gasteiger partial charge is 0.450 e. The van der Waals surface area contributed by atoms with Crippen molar-refractivity contribution >= 4 is 17.8 Å². The number of likely N-dealkylation sites (tertiary alicyclic amines) is 1. The second-order valence-electron chi connectivity index (χ2n) is 6.74. The minimum atomic E-state index is -0.255. The monoisotopic (exact) mass is 377 g/mol. The molecule has 148 valence electrons. The summed E-state index contributed by atoms with van der Waals surface area (Å²) in [4.78, 5) is 34.0. The van der Waals surface area contributed by atoms with E-state index >= 15 is 0 Å². The lowest BCUT2D eigenvalue weighted by molar-refractivity contribution is 0.0853. The topological polar surface area (TPSA) is 106 Å². The number of aromatic nitrogens is 2. The Labute approximate surface area is 158 Å². The first-order chi connectivity index (χ1) is 13.2. The number of ether oxygens (including phenoxy) is 2. The van der Waals surface area contributed by atoms with E-state index in [0.29, 0.717) is 32.1 Å².